The van der Waals surface area contributed by atoms with Gasteiger partial charge >= 0.3 is 0 Å². The summed E-state index contributed by atoms with van der Waals surface area (Å²) in [6.45, 7) is 7.22. The maximum Gasteiger partial charge on any atom is 0.235 e. The molecule has 0 aliphatic carbocycles. The number of carbonyl (C=O) groups excluding carboxylic acids is 1. The highest BCUT2D eigenvalue weighted by Gasteiger charge is 2.25. The minimum atomic E-state index is -0.173. The monoisotopic (exact) mass is 350 g/mol. The van der Waals surface area contributed by atoms with E-state index in [-0.39, 0.29) is 29.0 Å². The zero-order valence-electron chi connectivity index (χ0n) is 12.9. The highest BCUT2D eigenvalue weighted by molar-refractivity contribution is 8.00. The summed E-state index contributed by atoms with van der Waals surface area (Å²) < 4.78 is 0. The van der Waals surface area contributed by atoms with Gasteiger partial charge in [0.2, 0.25) is 5.91 Å². The van der Waals surface area contributed by atoms with Gasteiger partial charge in [0, 0.05) is 18.5 Å². The molecular formula is C15H24Cl2N2OS. The molecule has 6 heteroatoms. The molecule has 0 saturated carbocycles. The summed E-state index contributed by atoms with van der Waals surface area (Å²) in [6, 6.07) is 7.57. The first-order valence-electron chi connectivity index (χ1n) is 6.63. The van der Waals surface area contributed by atoms with Crippen molar-refractivity contribution in [3.63, 3.8) is 0 Å². The molecule has 1 aromatic carbocycles. The van der Waals surface area contributed by atoms with Gasteiger partial charge in [0.05, 0.1) is 10.3 Å². The second-order valence-electron chi connectivity index (χ2n) is 5.75. The van der Waals surface area contributed by atoms with Crippen LogP contribution >= 0.6 is 35.8 Å². The summed E-state index contributed by atoms with van der Waals surface area (Å²) in [6.07, 6.45) is 0. The summed E-state index contributed by atoms with van der Waals surface area (Å²) in [5.74, 6) is 0.0939. The van der Waals surface area contributed by atoms with Gasteiger partial charge in [-0.05, 0) is 31.0 Å². The van der Waals surface area contributed by atoms with E-state index in [1.165, 1.54) is 11.8 Å². The van der Waals surface area contributed by atoms with E-state index in [2.05, 4.69) is 13.8 Å². The lowest BCUT2D eigenvalue weighted by Crippen LogP contribution is -2.42. The van der Waals surface area contributed by atoms with Crippen LogP contribution in [-0.2, 0) is 4.79 Å². The molecule has 3 nitrogen and oxygen atoms in total. The molecule has 0 aliphatic rings. The van der Waals surface area contributed by atoms with Crippen LogP contribution in [0, 0.1) is 5.41 Å². The van der Waals surface area contributed by atoms with E-state index in [0.717, 1.165) is 4.90 Å². The SMILES string of the molecule is CC(Sc1ccccc1Cl)C(=O)N(C)CC(C)(C)CN.Cl. The first-order valence-corrected chi connectivity index (χ1v) is 7.89. The van der Waals surface area contributed by atoms with Gasteiger partial charge in [0.25, 0.3) is 0 Å². The smallest absolute Gasteiger partial charge is 0.235 e. The second kappa shape index (κ2) is 8.89. The number of hydrogen-bond acceptors (Lipinski definition) is 3. The Labute approximate surface area is 143 Å². The van der Waals surface area contributed by atoms with Gasteiger partial charge in [-0.25, -0.2) is 0 Å². The van der Waals surface area contributed by atoms with Gasteiger partial charge in [-0.3, -0.25) is 4.79 Å². The Morgan fingerprint density at radius 2 is 2.00 bits per heavy atom. The maximum absolute atomic E-state index is 12.4. The molecule has 0 bridgehead atoms. The summed E-state index contributed by atoms with van der Waals surface area (Å²) in [5.41, 5.74) is 5.64. The molecule has 0 saturated heterocycles. The number of amides is 1. The van der Waals surface area contributed by atoms with Gasteiger partial charge in [0.15, 0.2) is 0 Å². The number of rotatable bonds is 6. The molecule has 1 aromatic rings. The standard InChI is InChI=1S/C15H23ClN2OS.ClH/c1-11(20-13-8-6-5-7-12(13)16)14(19)18(4)10-15(2,3)9-17;/h5-8,11H,9-10,17H2,1-4H3;1H. The number of benzene rings is 1. The molecule has 0 radical (unpaired) electrons. The Kier molecular flexibility index (Phi) is 8.71. The van der Waals surface area contributed by atoms with Crippen LogP contribution in [-0.4, -0.2) is 36.2 Å². The normalized spacial score (nSPS) is 12.5. The average Bonchev–Trinajstić information content (AvgIpc) is 2.40. The number of nitrogens with zero attached hydrogens (tertiary/aromatic N) is 1. The highest BCUT2D eigenvalue weighted by atomic mass is 35.5. The van der Waals surface area contributed by atoms with Crippen LogP contribution in [0.3, 0.4) is 0 Å². The lowest BCUT2D eigenvalue weighted by atomic mass is 9.93. The molecular weight excluding hydrogens is 327 g/mol. The Morgan fingerprint density at radius 1 is 1.43 bits per heavy atom. The van der Waals surface area contributed by atoms with E-state index in [9.17, 15) is 4.79 Å². The van der Waals surface area contributed by atoms with Crippen LogP contribution in [0.1, 0.15) is 20.8 Å². The van der Waals surface area contributed by atoms with Crippen LogP contribution in [0.15, 0.2) is 29.2 Å². The van der Waals surface area contributed by atoms with E-state index in [1.807, 2.05) is 38.2 Å². The van der Waals surface area contributed by atoms with Crippen LogP contribution < -0.4 is 5.73 Å². The lowest BCUT2D eigenvalue weighted by Gasteiger charge is -2.30. The Morgan fingerprint density at radius 3 is 2.52 bits per heavy atom. The number of hydrogen-bond donors (Lipinski definition) is 1. The number of nitrogens with two attached hydrogens (primary N) is 1. The molecule has 1 atom stereocenters. The van der Waals surface area contributed by atoms with Crippen LogP contribution in [0.4, 0.5) is 0 Å². The summed E-state index contributed by atoms with van der Waals surface area (Å²) in [4.78, 5) is 15.1. The van der Waals surface area contributed by atoms with Crippen LogP contribution in [0.5, 0.6) is 0 Å². The van der Waals surface area contributed by atoms with Crippen molar-refractivity contribution < 1.29 is 4.79 Å². The minimum Gasteiger partial charge on any atom is -0.344 e. The van der Waals surface area contributed by atoms with Crippen LogP contribution in [0.25, 0.3) is 0 Å². The predicted octanol–water partition coefficient (Wildman–Crippen LogP) is 3.69. The Hall–Kier alpha value is -0.420. The van der Waals surface area contributed by atoms with Crippen molar-refractivity contribution >= 4 is 41.7 Å². The summed E-state index contributed by atoms with van der Waals surface area (Å²) >= 11 is 7.61. The molecule has 2 N–H and O–H groups in total. The predicted molar refractivity (Wildman–Crippen MR) is 94.5 cm³/mol. The molecule has 0 aromatic heterocycles. The van der Waals surface area contributed by atoms with Crippen molar-refractivity contribution in [3.8, 4) is 0 Å². The fourth-order valence-electron chi connectivity index (χ4n) is 1.88. The van der Waals surface area contributed by atoms with Gasteiger partial charge in [-0.15, -0.1) is 24.2 Å². The maximum atomic E-state index is 12.4. The summed E-state index contributed by atoms with van der Waals surface area (Å²) in [7, 11) is 1.82. The van der Waals surface area contributed by atoms with Crippen molar-refractivity contribution in [3.05, 3.63) is 29.3 Å². The Balaban J connectivity index is 0.00000400. The third kappa shape index (κ3) is 6.47. The second-order valence-corrected chi connectivity index (χ2v) is 7.54. The van der Waals surface area contributed by atoms with Crippen molar-refractivity contribution in [1.29, 1.82) is 0 Å². The van der Waals surface area contributed by atoms with Gasteiger partial charge in [-0.1, -0.05) is 37.6 Å². The molecule has 1 unspecified atom stereocenters. The van der Waals surface area contributed by atoms with E-state index >= 15 is 0 Å². The number of thioether (sulfide) groups is 1. The lowest BCUT2D eigenvalue weighted by molar-refractivity contribution is -0.130. The van der Waals surface area contributed by atoms with Crippen molar-refractivity contribution in [1.82, 2.24) is 4.90 Å². The minimum absolute atomic E-state index is 0. The van der Waals surface area contributed by atoms with E-state index in [0.29, 0.717) is 18.1 Å². The quantitative estimate of drug-likeness (QED) is 0.795. The van der Waals surface area contributed by atoms with E-state index in [4.69, 9.17) is 17.3 Å². The Bertz CT molecular complexity index is 469. The number of carbonyl (C=O) groups is 1. The molecule has 21 heavy (non-hydrogen) atoms. The third-order valence-corrected chi connectivity index (χ3v) is 4.69. The molecule has 1 rings (SSSR count). The topological polar surface area (TPSA) is 46.3 Å². The highest BCUT2D eigenvalue weighted by Crippen LogP contribution is 2.30. The van der Waals surface area contributed by atoms with Gasteiger partial charge in [-0.2, -0.15) is 0 Å². The molecule has 0 heterocycles. The zero-order chi connectivity index (χ0) is 15.3. The molecule has 0 aliphatic heterocycles. The third-order valence-electron chi connectivity index (χ3n) is 3.08. The van der Waals surface area contributed by atoms with Crippen molar-refractivity contribution in [2.24, 2.45) is 11.1 Å². The van der Waals surface area contributed by atoms with Gasteiger partial charge in [0.1, 0.15) is 0 Å². The van der Waals surface area contributed by atoms with E-state index in [1.54, 1.807) is 4.90 Å². The van der Waals surface area contributed by atoms with Crippen molar-refractivity contribution in [2.45, 2.75) is 30.9 Å². The van der Waals surface area contributed by atoms with E-state index < -0.39 is 0 Å². The first-order chi connectivity index (χ1) is 9.26. The molecule has 0 spiro atoms. The van der Waals surface area contributed by atoms with Gasteiger partial charge < -0.3 is 10.6 Å². The fraction of sp³-hybridized carbons (Fsp3) is 0.533. The fourth-order valence-corrected chi connectivity index (χ4v) is 3.14. The first kappa shape index (κ1) is 20.6. The average molecular weight is 351 g/mol. The zero-order valence-corrected chi connectivity index (χ0v) is 15.3. The summed E-state index contributed by atoms with van der Waals surface area (Å²) in [5, 5.41) is 0.510. The molecule has 1 amide bonds. The van der Waals surface area contributed by atoms with Crippen LogP contribution in [0.2, 0.25) is 5.02 Å². The number of halogens is 2. The van der Waals surface area contributed by atoms with Crippen molar-refractivity contribution in [2.75, 3.05) is 20.1 Å². The molecule has 0 fully saturated rings. The largest absolute Gasteiger partial charge is 0.344 e. The molecule has 120 valence electrons.